The summed E-state index contributed by atoms with van der Waals surface area (Å²) in [7, 11) is 1.55. The fourth-order valence-electron chi connectivity index (χ4n) is 2.56. The zero-order chi connectivity index (χ0) is 14.3. The van der Waals surface area contributed by atoms with E-state index in [0.29, 0.717) is 22.9 Å². The molecule has 1 aliphatic rings. The standard InChI is InChI=1S/C15H15NO4/c1-20-11-4-5-13-12(8-11)14(17)6-10(7-15(18)19)16(13)9-2-3-9/h4-6,8-9H,2-3,7H2,1H3,(H,18,19). The van der Waals surface area contributed by atoms with Gasteiger partial charge in [-0.25, -0.2) is 0 Å². The smallest absolute Gasteiger partial charge is 0.309 e. The molecule has 104 valence electrons. The molecule has 0 radical (unpaired) electrons. The highest BCUT2D eigenvalue weighted by Crippen LogP contribution is 2.38. The Kier molecular flexibility index (Phi) is 2.97. The van der Waals surface area contributed by atoms with Crippen LogP contribution >= 0.6 is 0 Å². The van der Waals surface area contributed by atoms with Crippen molar-refractivity contribution in [2.24, 2.45) is 0 Å². The number of fused-ring (bicyclic) bond motifs is 1. The van der Waals surface area contributed by atoms with Crippen LogP contribution in [0.25, 0.3) is 10.9 Å². The van der Waals surface area contributed by atoms with E-state index < -0.39 is 5.97 Å². The van der Waals surface area contributed by atoms with Crippen molar-refractivity contribution < 1.29 is 14.6 Å². The number of pyridine rings is 1. The van der Waals surface area contributed by atoms with Gasteiger partial charge in [0.15, 0.2) is 5.43 Å². The molecule has 0 spiro atoms. The number of ether oxygens (including phenoxy) is 1. The first kappa shape index (κ1) is 12.7. The molecule has 1 N–H and O–H groups in total. The van der Waals surface area contributed by atoms with Gasteiger partial charge >= 0.3 is 5.97 Å². The largest absolute Gasteiger partial charge is 0.497 e. The van der Waals surface area contributed by atoms with Crippen LogP contribution in [0, 0.1) is 0 Å². The maximum Gasteiger partial charge on any atom is 0.309 e. The minimum absolute atomic E-state index is 0.131. The van der Waals surface area contributed by atoms with Gasteiger partial charge in [-0.05, 0) is 31.0 Å². The van der Waals surface area contributed by atoms with Gasteiger partial charge in [0.1, 0.15) is 5.75 Å². The van der Waals surface area contributed by atoms with Crippen molar-refractivity contribution in [1.29, 1.82) is 0 Å². The van der Waals surface area contributed by atoms with E-state index in [1.165, 1.54) is 6.07 Å². The average Bonchev–Trinajstić information content (AvgIpc) is 3.22. The van der Waals surface area contributed by atoms with E-state index in [4.69, 9.17) is 9.84 Å². The van der Waals surface area contributed by atoms with Crippen LogP contribution < -0.4 is 10.2 Å². The van der Waals surface area contributed by atoms with Gasteiger partial charge < -0.3 is 14.4 Å². The maximum absolute atomic E-state index is 12.2. The number of benzene rings is 1. The van der Waals surface area contributed by atoms with Crippen molar-refractivity contribution in [3.8, 4) is 5.75 Å². The quantitative estimate of drug-likeness (QED) is 0.924. The van der Waals surface area contributed by atoms with Gasteiger partial charge in [0, 0.05) is 23.2 Å². The highest BCUT2D eigenvalue weighted by molar-refractivity contribution is 5.82. The minimum atomic E-state index is -0.924. The molecule has 0 amide bonds. The second-order valence-corrected chi connectivity index (χ2v) is 5.05. The third-order valence-electron chi connectivity index (χ3n) is 3.58. The van der Waals surface area contributed by atoms with E-state index in [1.807, 2.05) is 10.6 Å². The molecule has 5 nitrogen and oxygen atoms in total. The Morgan fingerprint density at radius 3 is 2.75 bits per heavy atom. The predicted molar refractivity (Wildman–Crippen MR) is 74.4 cm³/mol. The maximum atomic E-state index is 12.2. The molecule has 1 aromatic carbocycles. The highest BCUT2D eigenvalue weighted by atomic mass is 16.5. The van der Waals surface area contributed by atoms with E-state index in [9.17, 15) is 9.59 Å². The highest BCUT2D eigenvalue weighted by Gasteiger charge is 2.27. The minimum Gasteiger partial charge on any atom is -0.497 e. The van der Waals surface area contributed by atoms with Gasteiger partial charge in [0.25, 0.3) is 0 Å². The Morgan fingerprint density at radius 1 is 1.40 bits per heavy atom. The molecule has 0 atom stereocenters. The van der Waals surface area contributed by atoms with E-state index in [-0.39, 0.29) is 11.8 Å². The van der Waals surface area contributed by atoms with Gasteiger partial charge in [-0.1, -0.05) is 0 Å². The lowest BCUT2D eigenvalue weighted by Gasteiger charge is -2.15. The first-order valence-corrected chi connectivity index (χ1v) is 6.54. The van der Waals surface area contributed by atoms with Crippen LogP contribution in [0.5, 0.6) is 5.75 Å². The van der Waals surface area contributed by atoms with Gasteiger partial charge in [-0.2, -0.15) is 0 Å². The summed E-state index contributed by atoms with van der Waals surface area (Å²) in [5, 5.41) is 9.58. The van der Waals surface area contributed by atoms with Crippen LogP contribution in [0.3, 0.4) is 0 Å². The number of nitrogens with zero attached hydrogens (tertiary/aromatic N) is 1. The van der Waals surface area contributed by atoms with Gasteiger partial charge in [-0.3, -0.25) is 9.59 Å². The summed E-state index contributed by atoms with van der Waals surface area (Å²) in [6.45, 7) is 0. The molecule has 1 heterocycles. The SMILES string of the molecule is COc1ccc2c(c1)c(=O)cc(CC(=O)O)n2C1CC1. The molecule has 20 heavy (non-hydrogen) atoms. The first-order chi connectivity index (χ1) is 9.60. The van der Waals surface area contributed by atoms with Crippen molar-refractivity contribution in [3.05, 3.63) is 40.2 Å². The number of hydrogen-bond acceptors (Lipinski definition) is 3. The second-order valence-electron chi connectivity index (χ2n) is 5.05. The fourth-order valence-corrected chi connectivity index (χ4v) is 2.56. The summed E-state index contributed by atoms with van der Waals surface area (Å²) < 4.78 is 7.14. The topological polar surface area (TPSA) is 68.5 Å². The number of carboxylic acids is 1. The molecule has 2 aromatic rings. The molecular weight excluding hydrogens is 258 g/mol. The molecular formula is C15H15NO4. The Morgan fingerprint density at radius 2 is 2.15 bits per heavy atom. The monoisotopic (exact) mass is 273 g/mol. The van der Waals surface area contributed by atoms with Crippen LogP contribution in [-0.4, -0.2) is 22.8 Å². The lowest BCUT2D eigenvalue weighted by Crippen LogP contribution is -2.16. The summed E-state index contributed by atoms with van der Waals surface area (Å²) in [4.78, 5) is 23.2. The lowest BCUT2D eigenvalue weighted by atomic mass is 10.1. The fraction of sp³-hybridized carbons (Fsp3) is 0.333. The van der Waals surface area contributed by atoms with Gasteiger partial charge in [0.2, 0.25) is 0 Å². The van der Waals surface area contributed by atoms with Crippen LogP contribution in [-0.2, 0) is 11.2 Å². The lowest BCUT2D eigenvalue weighted by molar-refractivity contribution is -0.136. The zero-order valence-electron chi connectivity index (χ0n) is 11.1. The van der Waals surface area contributed by atoms with Crippen molar-refractivity contribution in [2.75, 3.05) is 7.11 Å². The molecule has 3 rings (SSSR count). The number of carboxylic acid groups (broad SMARTS) is 1. The van der Waals surface area contributed by atoms with Crippen molar-refractivity contribution in [1.82, 2.24) is 4.57 Å². The van der Waals surface area contributed by atoms with Crippen LogP contribution in [0.1, 0.15) is 24.6 Å². The number of hydrogen-bond donors (Lipinski definition) is 1. The van der Waals surface area contributed by atoms with Gasteiger partial charge in [0.05, 0.1) is 19.0 Å². The summed E-state index contributed by atoms with van der Waals surface area (Å²) >= 11 is 0. The molecule has 0 aliphatic heterocycles. The average molecular weight is 273 g/mol. The van der Waals surface area contributed by atoms with E-state index in [0.717, 1.165) is 18.4 Å². The molecule has 0 bridgehead atoms. The molecule has 5 heteroatoms. The van der Waals surface area contributed by atoms with Crippen LogP contribution in [0.15, 0.2) is 29.1 Å². The Bertz CT molecular complexity index is 743. The molecule has 1 aromatic heterocycles. The molecule has 0 unspecified atom stereocenters. The number of aliphatic carboxylic acids is 1. The van der Waals surface area contributed by atoms with E-state index >= 15 is 0 Å². The third-order valence-corrected chi connectivity index (χ3v) is 3.58. The van der Waals surface area contributed by atoms with Crippen LogP contribution in [0.2, 0.25) is 0 Å². The summed E-state index contributed by atoms with van der Waals surface area (Å²) in [5.74, 6) is -0.297. The van der Waals surface area contributed by atoms with Crippen molar-refractivity contribution in [3.63, 3.8) is 0 Å². The van der Waals surface area contributed by atoms with E-state index in [1.54, 1.807) is 19.2 Å². The van der Waals surface area contributed by atoms with Crippen molar-refractivity contribution >= 4 is 16.9 Å². The van der Waals surface area contributed by atoms with E-state index in [2.05, 4.69) is 0 Å². The van der Waals surface area contributed by atoms with Crippen molar-refractivity contribution in [2.45, 2.75) is 25.3 Å². The second kappa shape index (κ2) is 4.67. The zero-order valence-corrected chi connectivity index (χ0v) is 11.1. The Labute approximate surface area is 115 Å². The summed E-state index contributed by atoms with van der Waals surface area (Å²) in [5.41, 5.74) is 1.20. The number of aromatic nitrogens is 1. The number of rotatable bonds is 4. The first-order valence-electron chi connectivity index (χ1n) is 6.54. The normalized spacial score (nSPS) is 14.4. The molecule has 1 saturated carbocycles. The predicted octanol–water partition coefficient (Wildman–Crippen LogP) is 1.97. The van der Waals surface area contributed by atoms with Crippen LogP contribution in [0.4, 0.5) is 0 Å². The molecule has 1 fully saturated rings. The number of methoxy groups -OCH3 is 1. The Balaban J connectivity index is 2.28. The molecule has 1 aliphatic carbocycles. The number of carbonyl (C=O) groups is 1. The summed E-state index contributed by atoms with van der Waals surface area (Å²) in [6, 6.07) is 7.08. The Hall–Kier alpha value is -2.30. The third kappa shape index (κ3) is 2.15. The summed E-state index contributed by atoms with van der Waals surface area (Å²) in [6.07, 6.45) is 1.92. The molecule has 0 saturated heterocycles. The van der Waals surface area contributed by atoms with Gasteiger partial charge in [-0.15, -0.1) is 0 Å².